The predicted molar refractivity (Wildman–Crippen MR) is 39.6 cm³/mol. The highest BCUT2D eigenvalue weighted by Crippen LogP contribution is 2.34. The van der Waals surface area contributed by atoms with Gasteiger partial charge >= 0.3 is 6.18 Å². The Morgan fingerprint density at radius 1 is 1.36 bits per heavy atom. The lowest BCUT2D eigenvalue weighted by Crippen LogP contribution is -2.22. The molecule has 1 atom stereocenters. The summed E-state index contributed by atoms with van der Waals surface area (Å²) in [5.41, 5.74) is -0.637. The molecule has 0 amide bonds. The molecule has 0 saturated carbocycles. The highest BCUT2D eigenvalue weighted by atomic mass is 19.4. The number of hydrogen-bond acceptors (Lipinski definition) is 4. The number of aliphatic hydroxyl groups excluding tert-OH is 1. The number of ether oxygens (including phenoxy) is 1. The van der Waals surface area contributed by atoms with Gasteiger partial charge < -0.3 is 9.84 Å². The minimum Gasteiger partial charge on any atom is -0.480 e. The van der Waals surface area contributed by atoms with Gasteiger partial charge in [-0.15, -0.1) is 0 Å². The van der Waals surface area contributed by atoms with Crippen molar-refractivity contribution in [1.82, 2.24) is 9.97 Å². The van der Waals surface area contributed by atoms with Gasteiger partial charge in [0.2, 0.25) is 5.88 Å². The van der Waals surface area contributed by atoms with Crippen LogP contribution in [0.15, 0.2) is 12.4 Å². The zero-order valence-electron chi connectivity index (χ0n) is 7.12. The van der Waals surface area contributed by atoms with Gasteiger partial charge in [0.1, 0.15) is 5.69 Å². The van der Waals surface area contributed by atoms with E-state index in [4.69, 9.17) is 5.11 Å². The number of rotatable bonds is 2. The van der Waals surface area contributed by atoms with E-state index in [0.29, 0.717) is 0 Å². The summed E-state index contributed by atoms with van der Waals surface area (Å²) in [4.78, 5) is 6.85. The number of aliphatic hydroxyl groups is 1. The molecule has 0 saturated heterocycles. The maximum atomic E-state index is 12.1. The quantitative estimate of drug-likeness (QED) is 0.790. The van der Waals surface area contributed by atoms with Crippen molar-refractivity contribution in [2.45, 2.75) is 12.3 Å². The van der Waals surface area contributed by atoms with Crippen LogP contribution >= 0.6 is 0 Å². The minimum atomic E-state index is -4.77. The molecule has 0 aliphatic heterocycles. The van der Waals surface area contributed by atoms with Crippen LogP contribution in [0.4, 0.5) is 13.2 Å². The Morgan fingerprint density at radius 2 is 1.93 bits per heavy atom. The molecular weight excluding hydrogens is 201 g/mol. The summed E-state index contributed by atoms with van der Waals surface area (Å²) < 4.78 is 40.8. The molecule has 0 unspecified atom stereocenters. The molecule has 0 aliphatic carbocycles. The van der Waals surface area contributed by atoms with Gasteiger partial charge in [0, 0.05) is 12.4 Å². The first-order valence-corrected chi connectivity index (χ1v) is 3.56. The van der Waals surface area contributed by atoms with Gasteiger partial charge in [-0.2, -0.15) is 13.2 Å². The van der Waals surface area contributed by atoms with E-state index in [1.807, 2.05) is 0 Å². The number of methoxy groups -OCH3 is 1. The minimum absolute atomic E-state index is 0.336. The third kappa shape index (κ3) is 2.11. The molecule has 1 N–H and O–H groups in total. The highest BCUT2D eigenvalue weighted by Gasteiger charge is 2.42. The number of nitrogens with zero attached hydrogens (tertiary/aromatic N) is 2. The summed E-state index contributed by atoms with van der Waals surface area (Å²) in [5.74, 6) is -0.336. The Labute approximate surface area is 77.4 Å². The van der Waals surface area contributed by atoms with Crippen molar-refractivity contribution in [3.05, 3.63) is 18.1 Å². The van der Waals surface area contributed by atoms with Gasteiger partial charge in [-0.3, -0.25) is 4.98 Å². The van der Waals surface area contributed by atoms with Crippen molar-refractivity contribution in [1.29, 1.82) is 0 Å². The SMILES string of the molecule is COc1nccnc1[C@@H](O)C(F)(F)F. The number of halogens is 3. The fourth-order valence-corrected chi connectivity index (χ4v) is 0.836. The molecule has 0 spiro atoms. The van der Waals surface area contributed by atoms with E-state index in [0.717, 1.165) is 13.3 Å². The molecule has 0 fully saturated rings. The summed E-state index contributed by atoms with van der Waals surface area (Å²) >= 11 is 0. The zero-order valence-corrected chi connectivity index (χ0v) is 7.12. The normalized spacial score (nSPS) is 13.8. The van der Waals surface area contributed by atoms with Crippen LogP contribution in [-0.4, -0.2) is 28.4 Å². The molecule has 1 aromatic heterocycles. The van der Waals surface area contributed by atoms with Crippen LogP contribution in [0, 0.1) is 0 Å². The van der Waals surface area contributed by atoms with E-state index in [1.54, 1.807) is 0 Å². The molecule has 1 heterocycles. The van der Waals surface area contributed by atoms with Crippen LogP contribution in [-0.2, 0) is 0 Å². The molecule has 1 aromatic rings. The standard InChI is InChI=1S/C7H7F3N2O2/c1-14-6-4(11-2-3-12-6)5(13)7(8,9)10/h2-3,5,13H,1H3/t5-/m1/s1. The second-order valence-corrected chi connectivity index (χ2v) is 2.40. The van der Waals surface area contributed by atoms with E-state index in [-0.39, 0.29) is 5.88 Å². The fourth-order valence-electron chi connectivity index (χ4n) is 0.836. The molecular formula is C7H7F3N2O2. The topological polar surface area (TPSA) is 55.2 Å². The van der Waals surface area contributed by atoms with Gasteiger partial charge in [0.25, 0.3) is 0 Å². The lowest BCUT2D eigenvalue weighted by molar-refractivity contribution is -0.208. The molecule has 0 aromatic carbocycles. The van der Waals surface area contributed by atoms with Crippen LogP contribution in [0.2, 0.25) is 0 Å². The summed E-state index contributed by atoms with van der Waals surface area (Å²) in [7, 11) is 1.15. The van der Waals surface area contributed by atoms with Gasteiger partial charge in [-0.25, -0.2) is 4.98 Å². The average molecular weight is 208 g/mol. The second kappa shape index (κ2) is 3.79. The van der Waals surface area contributed by atoms with Gasteiger partial charge in [0.15, 0.2) is 6.10 Å². The molecule has 7 heteroatoms. The Morgan fingerprint density at radius 3 is 2.43 bits per heavy atom. The van der Waals surface area contributed by atoms with Crippen LogP contribution in [0.5, 0.6) is 5.88 Å². The van der Waals surface area contributed by atoms with E-state index >= 15 is 0 Å². The van der Waals surface area contributed by atoms with Gasteiger partial charge in [-0.05, 0) is 0 Å². The number of aromatic nitrogens is 2. The third-order valence-electron chi connectivity index (χ3n) is 1.45. The average Bonchev–Trinajstić information content (AvgIpc) is 2.15. The molecule has 14 heavy (non-hydrogen) atoms. The zero-order chi connectivity index (χ0) is 10.8. The summed E-state index contributed by atoms with van der Waals surface area (Å²) in [6.07, 6.45) is -5.23. The number of hydrogen-bond donors (Lipinski definition) is 1. The van der Waals surface area contributed by atoms with Crippen molar-refractivity contribution in [2.75, 3.05) is 7.11 Å². The van der Waals surface area contributed by atoms with Gasteiger partial charge in [-0.1, -0.05) is 0 Å². The Hall–Kier alpha value is -1.37. The fraction of sp³-hybridized carbons (Fsp3) is 0.429. The summed E-state index contributed by atoms with van der Waals surface area (Å²) in [5, 5.41) is 8.86. The van der Waals surface area contributed by atoms with Crippen molar-refractivity contribution >= 4 is 0 Å². The smallest absolute Gasteiger partial charge is 0.420 e. The lowest BCUT2D eigenvalue weighted by atomic mass is 10.2. The van der Waals surface area contributed by atoms with Crippen LogP contribution in [0.3, 0.4) is 0 Å². The van der Waals surface area contributed by atoms with Gasteiger partial charge in [0.05, 0.1) is 7.11 Å². The van der Waals surface area contributed by atoms with Crippen molar-refractivity contribution < 1.29 is 23.0 Å². The maximum Gasteiger partial charge on any atom is 0.420 e. The molecule has 4 nitrogen and oxygen atoms in total. The maximum absolute atomic E-state index is 12.1. The molecule has 0 radical (unpaired) electrons. The van der Waals surface area contributed by atoms with E-state index in [2.05, 4.69) is 14.7 Å². The molecule has 1 rings (SSSR count). The third-order valence-corrected chi connectivity index (χ3v) is 1.45. The van der Waals surface area contributed by atoms with E-state index in [1.165, 1.54) is 6.20 Å². The first-order valence-electron chi connectivity index (χ1n) is 3.56. The number of alkyl halides is 3. The van der Waals surface area contributed by atoms with Crippen LogP contribution in [0.1, 0.15) is 11.8 Å². The first-order chi connectivity index (χ1) is 6.46. The van der Waals surface area contributed by atoms with Crippen molar-refractivity contribution in [2.24, 2.45) is 0 Å². The predicted octanol–water partition coefficient (Wildman–Crippen LogP) is 1.08. The molecule has 0 bridgehead atoms. The Balaban J connectivity index is 3.06. The Bertz CT molecular complexity index is 316. The summed E-state index contributed by atoms with van der Waals surface area (Å²) in [6.45, 7) is 0. The summed E-state index contributed by atoms with van der Waals surface area (Å²) in [6, 6.07) is 0. The monoisotopic (exact) mass is 208 g/mol. The van der Waals surface area contributed by atoms with Crippen LogP contribution in [0.25, 0.3) is 0 Å². The Kier molecular flexibility index (Phi) is 2.90. The van der Waals surface area contributed by atoms with Crippen molar-refractivity contribution in [3.8, 4) is 5.88 Å². The highest BCUT2D eigenvalue weighted by molar-refractivity contribution is 5.20. The lowest BCUT2D eigenvalue weighted by Gasteiger charge is -2.14. The second-order valence-electron chi connectivity index (χ2n) is 2.40. The van der Waals surface area contributed by atoms with E-state index < -0.39 is 18.0 Å². The van der Waals surface area contributed by atoms with Crippen LogP contribution < -0.4 is 4.74 Å². The molecule has 78 valence electrons. The van der Waals surface area contributed by atoms with E-state index in [9.17, 15) is 13.2 Å². The molecule has 0 aliphatic rings. The van der Waals surface area contributed by atoms with Crippen molar-refractivity contribution in [3.63, 3.8) is 0 Å². The first kappa shape index (κ1) is 10.7. The largest absolute Gasteiger partial charge is 0.480 e.